The number of piperazine rings is 1. The van der Waals surface area contributed by atoms with Gasteiger partial charge < -0.3 is 19.3 Å². The zero-order valence-electron chi connectivity index (χ0n) is 15.1. The maximum Gasteiger partial charge on any atom is 0.246 e. The Kier molecular flexibility index (Phi) is 3.62. The van der Waals surface area contributed by atoms with Crippen molar-refractivity contribution in [3.63, 3.8) is 0 Å². The first-order chi connectivity index (χ1) is 12.4. The number of hydrogen-bond donors (Lipinski definition) is 0. The molecule has 0 N–H and O–H groups in total. The topological polar surface area (TPSA) is 82.9 Å². The minimum Gasteiger partial charge on any atom is -0.454 e. The molecule has 3 aliphatic heterocycles. The van der Waals surface area contributed by atoms with E-state index in [9.17, 15) is 14.9 Å². The fraction of sp³-hybridized carbons (Fsp3) is 0.526. The Morgan fingerprint density at radius 1 is 1.27 bits per heavy atom. The van der Waals surface area contributed by atoms with Crippen molar-refractivity contribution in [2.24, 2.45) is 5.41 Å². The van der Waals surface area contributed by atoms with Crippen LogP contribution in [0, 0.1) is 16.7 Å². The summed E-state index contributed by atoms with van der Waals surface area (Å²) >= 11 is 0. The molecule has 0 bridgehead atoms. The van der Waals surface area contributed by atoms with Crippen LogP contribution in [-0.4, -0.2) is 47.5 Å². The molecule has 26 heavy (non-hydrogen) atoms. The molecule has 0 aliphatic carbocycles. The van der Waals surface area contributed by atoms with E-state index in [1.165, 1.54) is 4.90 Å². The molecule has 1 aromatic carbocycles. The summed E-state index contributed by atoms with van der Waals surface area (Å²) in [4.78, 5) is 29.2. The van der Waals surface area contributed by atoms with Gasteiger partial charge in [0.15, 0.2) is 11.5 Å². The van der Waals surface area contributed by atoms with Gasteiger partial charge in [-0.05, 0) is 37.5 Å². The van der Waals surface area contributed by atoms with Gasteiger partial charge >= 0.3 is 0 Å². The van der Waals surface area contributed by atoms with E-state index in [1.807, 2.05) is 26.0 Å². The van der Waals surface area contributed by atoms with Crippen LogP contribution in [0.1, 0.15) is 38.3 Å². The van der Waals surface area contributed by atoms with Crippen LogP contribution in [0.4, 0.5) is 0 Å². The number of likely N-dealkylation sites (N-methyl/N-ethyl adjacent to an activating group) is 1. The quantitative estimate of drug-likeness (QED) is 0.808. The predicted octanol–water partition coefficient (Wildman–Crippen LogP) is 1.84. The van der Waals surface area contributed by atoms with E-state index in [0.29, 0.717) is 24.3 Å². The lowest BCUT2D eigenvalue weighted by Crippen LogP contribution is -2.61. The van der Waals surface area contributed by atoms with Gasteiger partial charge in [-0.25, -0.2) is 0 Å². The Bertz CT molecular complexity index is 833. The van der Waals surface area contributed by atoms with Crippen LogP contribution < -0.4 is 9.47 Å². The van der Waals surface area contributed by atoms with E-state index in [-0.39, 0.29) is 18.6 Å². The summed E-state index contributed by atoms with van der Waals surface area (Å²) in [7, 11) is 1.67. The summed E-state index contributed by atoms with van der Waals surface area (Å²) in [6, 6.07) is 6.25. The second kappa shape index (κ2) is 5.63. The molecule has 0 spiro atoms. The summed E-state index contributed by atoms with van der Waals surface area (Å²) in [5, 5.41) is 9.89. The molecule has 0 saturated carbocycles. The van der Waals surface area contributed by atoms with Gasteiger partial charge in [-0.15, -0.1) is 0 Å². The van der Waals surface area contributed by atoms with Crippen LogP contribution in [0.3, 0.4) is 0 Å². The highest BCUT2D eigenvalue weighted by molar-refractivity contribution is 5.98. The van der Waals surface area contributed by atoms with Crippen LogP contribution in [0.2, 0.25) is 0 Å². The normalized spacial score (nSPS) is 32.6. The van der Waals surface area contributed by atoms with Crippen LogP contribution in [0.25, 0.3) is 0 Å². The lowest BCUT2D eigenvalue weighted by Gasteiger charge is -2.43. The van der Waals surface area contributed by atoms with E-state index in [1.54, 1.807) is 18.0 Å². The molecule has 3 heterocycles. The summed E-state index contributed by atoms with van der Waals surface area (Å²) in [6.07, 6.45) is 0.870. The highest BCUT2D eigenvalue weighted by atomic mass is 16.7. The molecule has 2 amide bonds. The highest BCUT2D eigenvalue weighted by Crippen LogP contribution is 2.52. The molecular formula is C19H21N3O4. The van der Waals surface area contributed by atoms with Crippen molar-refractivity contribution in [3.05, 3.63) is 23.8 Å². The SMILES string of the molecule is CC[C@@H]1C(=O)N2C(c3ccc4c(c3)OCO4)[C@@](C)(C#N)C[C@H]2C(=O)N1C. The Balaban J connectivity index is 1.82. The van der Waals surface area contributed by atoms with Crippen LogP contribution in [0.5, 0.6) is 11.5 Å². The molecule has 7 nitrogen and oxygen atoms in total. The smallest absolute Gasteiger partial charge is 0.246 e. The predicted molar refractivity (Wildman–Crippen MR) is 91.1 cm³/mol. The molecular weight excluding hydrogens is 334 g/mol. The fourth-order valence-electron chi connectivity index (χ4n) is 4.48. The molecule has 7 heteroatoms. The fourth-order valence-corrected chi connectivity index (χ4v) is 4.48. The Morgan fingerprint density at radius 2 is 2.00 bits per heavy atom. The van der Waals surface area contributed by atoms with Gasteiger partial charge in [0.25, 0.3) is 0 Å². The first-order valence-corrected chi connectivity index (χ1v) is 8.81. The van der Waals surface area contributed by atoms with E-state index < -0.39 is 23.5 Å². The number of carbonyl (C=O) groups excluding carboxylic acids is 2. The Hall–Kier alpha value is -2.75. The van der Waals surface area contributed by atoms with Crippen molar-refractivity contribution in [1.29, 1.82) is 5.26 Å². The maximum atomic E-state index is 13.2. The number of hydrogen-bond acceptors (Lipinski definition) is 5. The van der Waals surface area contributed by atoms with Crippen LogP contribution >= 0.6 is 0 Å². The van der Waals surface area contributed by atoms with Crippen molar-refractivity contribution in [2.45, 2.75) is 44.8 Å². The Morgan fingerprint density at radius 3 is 2.69 bits per heavy atom. The van der Waals surface area contributed by atoms with Gasteiger partial charge in [0.05, 0.1) is 17.5 Å². The molecule has 0 aromatic heterocycles. The molecule has 0 radical (unpaired) electrons. The third kappa shape index (κ3) is 2.11. The molecule has 2 fully saturated rings. The maximum absolute atomic E-state index is 13.2. The third-order valence-electron chi connectivity index (χ3n) is 5.83. The highest BCUT2D eigenvalue weighted by Gasteiger charge is 2.59. The van der Waals surface area contributed by atoms with Crippen molar-refractivity contribution < 1.29 is 19.1 Å². The van der Waals surface area contributed by atoms with Crippen LogP contribution in [-0.2, 0) is 9.59 Å². The average molecular weight is 355 g/mol. The van der Waals surface area contributed by atoms with E-state index in [2.05, 4.69) is 6.07 Å². The monoisotopic (exact) mass is 355 g/mol. The number of rotatable bonds is 2. The molecule has 2 saturated heterocycles. The average Bonchev–Trinajstić information content (AvgIpc) is 3.22. The number of fused-ring (bicyclic) bond motifs is 2. The summed E-state index contributed by atoms with van der Waals surface area (Å²) in [5.74, 6) is 1.06. The second-order valence-electron chi connectivity index (χ2n) is 7.38. The van der Waals surface area contributed by atoms with Crippen LogP contribution in [0.15, 0.2) is 18.2 Å². The molecule has 3 aliphatic rings. The summed E-state index contributed by atoms with van der Waals surface area (Å²) < 4.78 is 10.8. The van der Waals surface area contributed by atoms with Crippen molar-refractivity contribution >= 4 is 11.8 Å². The number of benzene rings is 1. The van der Waals surface area contributed by atoms with E-state index in [0.717, 1.165) is 5.56 Å². The lowest BCUT2D eigenvalue weighted by atomic mass is 9.79. The van der Waals surface area contributed by atoms with E-state index in [4.69, 9.17) is 9.47 Å². The first kappa shape index (κ1) is 16.7. The van der Waals surface area contributed by atoms with E-state index >= 15 is 0 Å². The summed E-state index contributed by atoms with van der Waals surface area (Å²) in [5.41, 5.74) is -0.0611. The minimum atomic E-state index is -0.854. The molecule has 136 valence electrons. The number of nitriles is 1. The van der Waals surface area contributed by atoms with Gasteiger partial charge in [-0.3, -0.25) is 9.59 Å². The van der Waals surface area contributed by atoms with Crippen molar-refractivity contribution in [2.75, 3.05) is 13.8 Å². The zero-order chi connectivity index (χ0) is 18.6. The lowest BCUT2D eigenvalue weighted by molar-refractivity contribution is -0.160. The van der Waals surface area contributed by atoms with Gasteiger partial charge in [-0.1, -0.05) is 13.0 Å². The Labute approximate surface area is 152 Å². The third-order valence-corrected chi connectivity index (χ3v) is 5.83. The van der Waals surface area contributed by atoms with Crippen molar-refractivity contribution in [3.8, 4) is 17.6 Å². The van der Waals surface area contributed by atoms with Crippen molar-refractivity contribution in [1.82, 2.24) is 9.80 Å². The molecule has 4 atom stereocenters. The number of nitrogens with zero attached hydrogens (tertiary/aromatic N) is 3. The standard InChI is InChI=1S/C19H21N3O4/c1-4-12-18(24)22-13(17(23)21(12)3)8-19(2,9-20)16(22)11-5-6-14-15(7-11)26-10-25-14/h5-7,12-13,16H,4,8,10H2,1-3H3/t12-,13+,16?,19-/m1/s1. The largest absolute Gasteiger partial charge is 0.454 e. The zero-order valence-corrected chi connectivity index (χ0v) is 15.1. The van der Waals surface area contributed by atoms with Gasteiger partial charge in [0, 0.05) is 7.05 Å². The minimum absolute atomic E-state index is 0.0961. The molecule has 4 rings (SSSR count). The van der Waals surface area contributed by atoms with Gasteiger partial charge in [0.1, 0.15) is 12.1 Å². The summed E-state index contributed by atoms with van der Waals surface area (Å²) in [6.45, 7) is 3.87. The number of carbonyl (C=O) groups is 2. The molecule has 1 unspecified atom stereocenters. The van der Waals surface area contributed by atoms with Gasteiger partial charge in [-0.2, -0.15) is 5.26 Å². The van der Waals surface area contributed by atoms with Gasteiger partial charge in [0.2, 0.25) is 18.6 Å². The number of amides is 2. The molecule has 1 aromatic rings. The second-order valence-corrected chi connectivity index (χ2v) is 7.38. The first-order valence-electron chi connectivity index (χ1n) is 8.81. The number of ether oxygens (including phenoxy) is 2.